The van der Waals surface area contributed by atoms with E-state index in [1.807, 2.05) is 19.1 Å². The lowest BCUT2D eigenvalue weighted by molar-refractivity contribution is 0.0891. The monoisotopic (exact) mass is 232 g/mol. The Labute approximate surface area is 102 Å². The molecule has 3 heteroatoms. The second kappa shape index (κ2) is 4.40. The van der Waals surface area contributed by atoms with Crippen molar-refractivity contribution in [3.63, 3.8) is 0 Å². The third kappa shape index (κ3) is 2.60. The van der Waals surface area contributed by atoms with Gasteiger partial charge in [-0.05, 0) is 37.3 Å². The molecule has 0 saturated heterocycles. The number of anilines is 1. The van der Waals surface area contributed by atoms with Gasteiger partial charge in [-0.2, -0.15) is 0 Å². The Morgan fingerprint density at radius 3 is 2.76 bits per heavy atom. The van der Waals surface area contributed by atoms with Crippen LogP contribution in [0.3, 0.4) is 0 Å². The molecule has 0 unspecified atom stereocenters. The van der Waals surface area contributed by atoms with Crippen LogP contribution in [0.2, 0.25) is 0 Å². The highest BCUT2D eigenvalue weighted by molar-refractivity contribution is 5.99. The molecule has 92 valence electrons. The summed E-state index contributed by atoms with van der Waals surface area (Å²) in [5, 5.41) is 2.99. The third-order valence-corrected chi connectivity index (χ3v) is 3.69. The molecule has 1 amide bonds. The van der Waals surface area contributed by atoms with E-state index in [2.05, 4.69) is 12.2 Å². The lowest BCUT2D eigenvalue weighted by atomic mass is 9.70. The summed E-state index contributed by atoms with van der Waals surface area (Å²) in [5.74, 6) is -0.0562. The number of nitrogens with two attached hydrogens (primary N) is 1. The molecule has 0 aromatic heterocycles. The van der Waals surface area contributed by atoms with Gasteiger partial charge in [0.15, 0.2) is 0 Å². The van der Waals surface area contributed by atoms with Crippen LogP contribution in [0.4, 0.5) is 5.69 Å². The van der Waals surface area contributed by atoms with Crippen molar-refractivity contribution in [2.45, 2.75) is 33.1 Å². The van der Waals surface area contributed by atoms with Gasteiger partial charge in [0.05, 0.1) is 5.56 Å². The van der Waals surface area contributed by atoms with E-state index in [-0.39, 0.29) is 5.91 Å². The van der Waals surface area contributed by atoms with Gasteiger partial charge < -0.3 is 11.1 Å². The Morgan fingerprint density at radius 2 is 2.18 bits per heavy atom. The summed E-state index contributed by atoms with van der Waals surface area (Å²) in [6.45, 7) is 4.93. The molecule has 1 aliphatic carbocycles. The lowest BCUT2D eigenvalue weighted by Crippen LogP contribution is -2.40. The van der Waals surface area contributed by atoms with E-state index in [0.29, 0.717) is 16.7 Å². The van der Waals surface area contributed by atoms with Gasteiger partial charge in [-0.3, -0.25) is 4.79 Å². The van der Waals surface area contributed by atoms with Crippen LogP contribution in [0.5, 0.6) is 0 Å². The summed E-state index contributed by atoms with van der Waals surface area (Å²) in [6, 6.07) is 5.54. The topological polar surface area (TPSA) is 55.1 Å². The smallest absolute Gasteiger partial charge is 0.253 e. The normalized spacial score (nSPS) is 17.3. The Morgan fingerprint density at radius 1 is 1.47 bits per heavy atom. The number of carbonyl (C=O) groups is 1. The summed E-state index contributed by atoms with van der Waals surface area (Å²) < 4.78 is 0. The summed E-state index contributed by atoms with van der Waals surface area (Å²) in [7, 11) is 0. The molecule has 0 heterocycles. The zero-order valence-corrected chi connectivity index (χ0v) is 10.5. The second-order valence-electron chi connectivity index (χ2n) is 5.44. The molecule has 1 aliphatic rings. The van der Waals surface area contributed by atoms with Gasteiger partial charge in [0.2, 0.25) is 0 Å². The van der Waals surface area contributed by atoms with Crippen LogP contribution in [-0.2, 0) is 0 Å². The number of hydrogen-bond acceptors (Lipinski definition) is 2. The van der Waals surface area contributed by atoms with Crippen molar-refractivity contribution in [1.29, 1.82) is 0 Å². The first-order valence-corrected chi connectivity index (χ1v) is 6.15. The van der Waals surface area contributed by atoms with Crippen molar-refractivity contribution in [3.05, 3.63) is 29.3 Å². The van der Waals surface area contributed by atoms with Gasteiger partial charge >= 0.3 is 0 Å². The number of nitrogens with one attached hydrogen (secondary N) is 1. The van der Waals surface area contributed by atoms with Crippen LogP contribution >= 0.6 is 0 Å². The number of rotatable bonds is 3. The van der Waals surface area contributed by atoms with Crippen molar-refractivity contribution in [2.24, 2.45) is 5.41 Å². The van der Waals surface area contributed by atoms with Gasteiger partial charge in [-0.25, -0.2) is 0 Å². The van der Waals surface area contributed by atoms with Crippen LogP contribution in [0, 0.1) is 12.3 Å². The van der Waals surface area contributed by atoms with E-state index in [1.54, 1.807) is 6.07 Å². The average Bonchev–Trinajstić information content (AvgIpc) is 2.26. The largest absolute Gasteiger partial charge is 0.398 e. The predicted octanol–water partition coefficient (Wildman–Crippen LogP) is 2.50. The first-order valence-electron chi connectivity index (χ1n) is 6.15. The van der Waals surface area contributed by atoms with Gasteiger partial charge in [0.25, 0.3) is 5.91 Å². The Balaban J connectivity index is 2.01. The maximum atomic E-state index is 12.0. The molecule has 0 spiro atoms. The highest BCUT2D eigenvalue weighted by Crippen LogP contribution is 2.39. The van der Waals surface area contributed by atoms with E-state index < -0.39 is 0 Å². The fourth-order valence-corrected chi connectivity index (χ4v) is 2.21. The van der Waals surface area contributed by atoms with Crippen LogP contribution in [0.15, 0.2) is 18.2 Å². The number of hydrogen-bond donors (Lipinski definition) is 2. The lowest BCUT2D eigenvalue weighted by Gasteiger charge is -2.38. The maximum absolute atomic E-state index is 12.0. The Hall–Kier alpha value is -1.51. The maximum Gasteiger partial charge on any atom is 0.253 e. The fraction of sp³-hybridized carbons (Fsp3) is 0.500. The van der Waals surface area contributed by atoms with E-state index >= 15 is 0 Å². The standard InChI is InChI=1S/C14H20N2O/c1-10-4-5-12(15)11(8-10)13(17)16-9-14(2)6-3-7-14/h4-5,8H,3,6-7,9,15H2,1-2H3,(H,16,17). The minimum absolute atomic E-state index is 0.0562. The second-order valence-corrected chi connectivity index (χ2v) is 5.44. The molecule has 0 bridgehead atoms. The SMILES string of the molecule is Cc1ccc(N)c(C(=O)NCC2(C)CCC2)c1. The minimum atomic E-state index is -0.0562. The number of aryl methyl sites for hydroxylation is 1. The molecule has 1 aromatic rings. The van der Waals surface area contributed by atoms with Crippen molar-refractivity contribution in [2.75, 3.05) is 12.3 Å². The quantitative estimate of drug-likeness (QED) is 0.787. The molecule has 3 N–H and O–H groups in total. The molecular formula is C14H20N2O. The molecule has 0 atom stereocenters. The van der Waals surface area contributed by atoms with E-state index in [0.717, 1.165) is 12.1 Å². The first-order chi connectivity index (χ1) is 8.00. The van der Waals surface area contributed by atoms with Gasteiger partial charge in [-0.15, -0.1) is 0 Å². The molecule has 1 aromatic carbocycles. The first kappa shape index (κ1) is 12.0. The molecule has 1 fully saturated rings. The number of benzene rings is 1. The van der Waals surface area contributed by atoms with Crippen LogP contribution in [-0.4, -0.2) is 12.5 Å². The Kier molecular flexibility index (Phi) is 3.09. The van der Waals surface area contributed by atoms with E-state index in [1.165, 1.54) is 19.3 Å². The predicted molar refractivity (Wildman–Crippen MR) is 69.9 cm³/mol. The number of carbonyl (C=O) groups excluding carboxylic acids is 1. The molecule has 1 saturated carbocycles. The molecule has 2 rings (SSSR count). The van der Waals surface area contributed by atoms with Crippen LogP contribution < -0.4 is 11.1 Å². The van der Waals surface area contributed by atoms with Crippen LogP contribution in [0.1, 0.15) is 42.1 Å². The molecule has 17 heavy (non-hydrogen) atoms. The highest BCUT2D eigenvalue weighted by atomic mass is 16.1. The zero-order valence-electron chi connectivity index (χ0n) is 10.5. The number of amides is 1. The van der Waals surface area contributed by atoms with Crippen molar-refractivity contribution in [1.82, 2.24) is 5.32 Å². The van der Waals surface area contributed by atoms with Crippen molar-refractivity contribution < 1.29 is 4.79 Å². The van der Waals surface area contributed by atoms with E-state index in [4.69, 9.17) is 5.73 Å². The Bertz CT molecular complexity index is 436. The fourth-order valence-electron chi connectivity index (χ4n) is 2.21. The molecule has 0 radical (unpaired) electrons. The zero-order chi connectivity index (χ0) is 12.5. The van der Waals surface area contributed by atoms with Crippen molar-refractivity contribution in [3.8, 4) is 0 Å². The summed E-state index contributed by atoms with van der Waals surface area (Å²) in [5.41, 5.74) is 8.31. The van der Waals surface area contributed by atoms with Gasteiger partial charge in [0.1, 0.15) is 0 Å². The van der Waals surface area contributed by atoms with Crippen LogP contribution in [0.25, 0.3) is 0 Å². The highest BCUT2D eigenvalue weighted by Gasteiger charge is 2.32. The van der Waals surface area contributed by atoms with Crippen molar-refractivity contribution >= 4 is 11.6 Å². The van der Waals surface area contributed by atoms with Gasteiger partial charge in [-0.1, -0.05) is 25.0 Å². The average molecular weight is 232 g/mol. The minimum Gasteiger partial charge on any atom is -0.398 e. The summed E-state index contributed by atoms with van der Waals surface area (Å²) >= 11 is 0. The number of nitrogen functional groups attached to an aromatic ring is 1. The van der Waals surface area contributed by atoms with Gasteiger partial charge in [0, 0.05) is 12.2 Å². The molecule has 0 aliphatic heterocycles. The summed E-state index contributed by atoms with van der Waals surface area (Å²) in [4.78, 5) is 12.0. The molecular weight excluding hydrogens is 212 g/mol. The van der Waals surface area contributed by atoms with E-state index in [9.17, 15) is 4.79 Å². The third-order valence-electron chi connectivity index (χ3n) is 3.69. The molecule has 3 nitrogen and oxygen atoms in total. The summed E-state index contributed by atoms with van der Waals surface area (Å²) in [6.07, 6.45) is 3.69.